The zero-order valence-corrected chi connectivity index (χ0v) is 15.8. The summed E-state index contributed by atoms with van der Waals surface area (Å²) in [5.41, 5.74) is 12.1. The first-order chi connectivity index (χ1) is 12.6. The molecule has 2 heterocycles. The number of aromatic amines is 1. The Morgan fingerprint density at radius 1 is 1.15 bits per heavy atom. The predicted octanol–water partition coefficient (Wildman–Crippen LogP) is 4.91. The van der Waals surface area contributed by atoms with Gasteiger partial charge in [-0.3, -0.25) is 5.10 Å². The molecule has 0 spiro atoms. The summed E-state index contributed by atoms with van der Waals surface area (Å²) in [4.78, 5) is 4.39. The van der Waals surface area contributed by atoms with E-state index < -0.39 is 0 Å². The Hall–Kier alpha value is -2.20. The van der Waals surface area contributed by atoms with Crippen LogP contribution >= 0.6 is 0 Å². The molecule has 1 aliphatic rings. The lowest BCUT2D eigenvalue weighted by Gasteiger charge is -2.28. The molecule has 2 aromatic heterocycles. The average molecular weight is 348 g/mol. The lowest BCUT2D eigenvalue weighted by atomic mass is 9.78. The van der Waals surface area contributed by atoms with E-state index in [1.807, 2.05) is 12.4 Å². The number of rotatable bonds is 4. The number of pyridine rings is 1. The number of nitrogens with two attached hydrogens (primary N) is 1. The molecule has 3 aromatic rings. The summed E-state index contributed by atoms with van der Waals surface area (Å²) in [6, 6.07) is 9.19. The predicted molar refractivity (Wildman–Crippen MR) is 107 cm³/mol. The summed E-state index contributed by atoms with van der Waals surface area (Å²) >= 11 is 0. The minimum atomic E-state index is -0.0397. The Kier molecular flexibility index (Phi) is 4.53. The second-order valence-electron chi connectivity index (χ2n) is 8.26. The highest BCUT2D eigenvalue weighted by Crippen LogP contribution is 2.38. The van der Waals surface area contributed by atoms with E-state index in [-0.39, 0.29) is 5.41 Å². The summed E-state index contributed by atoms with van der Waals surface area (Å²) in [7, 11) is 0. The highest BCUT2D eigenvalue weighted by atomic mass is 15.1. The standard InChI is InChI=1S/C22H28N4/c1-22(2,14-23)18-11-16(15-6-4-3-5-7-15)10-17(12-18)19-8-9-24-21-20(19)13-25-26-21/h8-13,15H,3-7,14,23H2,1-2H3,(H,24,25,26). The van der Waals surface area contributed by atoms with Gasteiger partial charge in [0.05, 0.1) is 6.20 Å². The Morgan fingerprint density at radius 2 is 1.96 bits per heavy atom. The number of aromatic nitrogens is 3. The van der Waals surface area contributed by atoms with Gasteiger partial charge in [-0.15, -0.1) is 0 Å². The number of hydrogen-bond donors (Lipinski definition) is 2. The second kappa shape index (κ2) is 6.84. The fourth-order valence-electron chi connectivity index (χ4n) is 4.09. The highest BCUT2D eigenvalue weighted by molar-refractivity contribution is 5.92. The van der Waals surface area contributed by atoms with Crippen molar-refractivity contribution < 1.29 is 0 Å². The first kappa shape index (κ1) is 17.2. The van der Waals surface area contributed by atoms with E-state index in [9.17, 15) is 0 Å². The number of benzene rings is 1. The Labute approximate surface area is 155 Å². The fraction of sp³-hybridized carbons (Fsp3) is 0.455. The maximum atomic E-state index is 6.10. The molecule has 1 saturated carbocycles. The van der Waals surface area contributed by atoms with Crippen LogP contribution in [0.4, 0.5) is 0 Å². The maximum Gasteiger partial charge on any atom is 0.155 e. The van der Waals surface area contributed by atoms with Crippen molar-refractivity contribution in [2.45, 2.75) is 57.3 Å². The third-order valence-corrected chi connectivity index (χ3v) is 5.99. The molecule has 0 saturated heterocycles. The first-order valence-electron chi connectivity index (χ1n) is 9.72. The van der Waals surface area contributed by atoms with E-state index in [0.29, 0.717) is 12.5 Å². The van der Waals surface area contributed by atoms with Gasteiger partial charge in [0.1, 0.15) is 0 Å². The van der Waals surface area contributed by atoms with Gasteiger partial charge in [-0.2, -0.15) is 5.10 Å². The minimum Gasteiger partial charge on any atom is -0.330 e. The van der Waals surface area contributed by atoms with Crippen LogP contribution in [0.15, 0.2) is 36.7 Å². The van der Waals surface area contributed by atoms with Crippen molar-refractivity contribution in [1.82, 2.24) is 15.2 Å². The van der Waals surface area contributed by atoms with Crippen molar-refractivity contribution >= 4 is 11.0 Å². The first-order valence-corrected chi connectivity index (χ1v) is 9.72. The van der Waals surface area contributed by atoms with E-state index in [4.69, 9.17) is 5.73 Å². The van der Waals surface area contributed by atoms with Crippen molar-refractivity contribution in [3.8, 4) is 11.1 Å². The normalized spacial score (nSPS) is 16.3. The quantitative estimate of drug-likeness (QED) is 0.704. The van der Waals surface area contributed by atoms with Crippen LogP contribution in [0.5, 0.6) is 0 Å². The molecular formula is C22H28N4. The Bertz CT molecular complexity index is 903. The van der Waals surface area contributed by atoms with Gasteiger partial charge in [0, 0.05) is 23.5 Å². The van der Waals surface area contributed by atoms with Crippen LogP contribution in [0, 0.1) is 0 Å². The van der Waals surface area contributed by atoms with Gasteiger partial charge in [-0.25, -0.2) is 4.98 Å². The Morgan fingerprint density at radius 3 is 2.73 bits per heavy atom. The van der Waals surface area contributed by atoms with Gasteiger partial charge in [0.15, 0.2) is 5.65 Å². The van der Waals surface area contributed by atoms with E-state index in [1.54, 1.807) is 0 Å². The van der Waals surface area contributed by atoms with Gasteiger partial charge >= 0.3 is 0 Å². The summed E-state index contributed by atoms with van der Waals surface area (Å²) in [5.74, 6) is 0.665. The lowest BCUT2D eigenvalue weighted by Crippen LogP contribution is -2.28. The lowest BCUT2D eigenvalue weighted by molar-refractivity contribution is 0.442. The molecule has 0 bridgehead atoms. The largest absolute Gasteiger partial charge is 0.330 e. The zero-order chi connectivity index (χ0) is 18.1. The molecule has 4 nitrogen and oxygen atoms in total. The molecule has 0 aliphatic heterocycles. The molecule has 0 atom stereocenters. The van der Waals surface area contributed by atoms with Crippen LogP contribution in [0.1, 0.15) is 63.0 Å². The van der Waals surface area contributed by atoms with Crippen LogP contribution in [0.2, 0.25) is 0 Å². The van der Waals surface area contributed by atoms with Gasteiger partial charge in [0.2, 0.25) is 0 Å². The zero-order valence-electron chi connectivity index (χ0n) is 15.8. The Balaban J connectivity index is 1.88. The molecule has 1 aromatic carbocycles. The summed E-state index contributed by atoms with van der Waals surface area (Å²) < 4.78 is 0. The van der Waals surface area contributed by atoms with Gasteiger partial charge in [-0.05, 0) is 47.1 Å². The number of hydrogen-bond acceptors (Lipinski definition) is 3. The van der Waals surface area contributed by atoms with Crippen molar-refractivity contribution in [1.29, 1.82) is 0 Å². The van der Waals surface area contributed by atoms with Crippen molar-refractivity contribution in [2.24, 2.45) is 5.73 Å². The van der Waals surface area contributed by atoms with E-state index >= 15 is 0 Å². The minimum absolute atomic E-state index is 0.0397. The van der Waals surface area contributed by atoms with Gasteiger partial charge in [0.25, 0.3) is 0 Å². The summed E-state index contributed by atoms with van der Waals surface area (Å²) in [6.07, 6.45) is 10.4. The molecule has 4 heteroatoms. The van der Waals surface area contributed by atoms with Crippen molar-refractivity contribution in [2.75, 3.05) is 6.54 Å². The topological polar surface area (TPSA) is 67.6 Å². The van der Waals surface area contributed by atoms with Crippen LogP contribution in [0.3, 0.4) is 0 Å². The van der Waals surface area contributed by atoms with Crippen LogP contribution in [-0.4, -0.2) is 21.7 Å². The molecule has 3 N–H and O–H groups in total. The number of nitrogens with zero attached hydrogens (tertiary/aromatic N) is 2. The number of nitrogens with one attached hydrogen (secondary N) is 1. The molecule has 1 fully saturated rings. The molecule has 1 aliphatic carbocycles. The number of fused-ring (bicyclic) bond motifs is 1. The summed E-state index contributed by atoms with van der Waals surface area (Å²) in [5, 5.41) is 8.24. The van der Waals surface area contributed by atoms with Crippen LogP contribution < -0.4 is 5.73 Å². The molecule has 0 amide bonds. The van der Waals surface area contributed by atoms with Gasteiger partial charge in [-0.1, -0.05) is 51.3 Å². The van der Waals surface area contributed by atoms with E-state index in [2.05, 4.69) is 53.3 Å². The average Bonchev–Trinajstić information content (AvgIpc) is 3.17. The third-order valence-electron chi connectivity index (χ3n) is 5.99. The fourth-order valence-corrected chi connectivity index (χ4v) is 4.09. The van der Waals surface area contributed by atoms with Crippen molar-refractivity contribution in [3.05, 3.63) is 47.8 Å². The van der Waals surface area contributed by atoms with E-state index in [1.165, 1.54) is 54.4 Å². The highest BCUT2D eigenvalue weighted by Gasteiger charge is 2.23. The smallest absolute Gasteiger partial charge is 0.155 e. The molecule has 0 unspecified atom stereocenters. The number of H-pyrrole nitrogens is 1. The second-order valence-corrected chi connectivity index (χ2v) is 8.26. The molecule has 4 rings (SSSR count). The monoisotopic (exact) mass is 348 g/mol. The molecule has 136 valence electrons. The molecular weight excluding hydrogens is 320 g/mol. The SMILES string of the molecule is CC(C)(CN)c1cc(-c2ccnc3[nH]ncc23)cc(C2CCCCC2)c1. The maximum absolute atomic E-state index is 6.10. The van der Waals surface area contributed by atoms with Crippen LogP contribution in [0.25, 0.3) is 22.2 Å². The van der Waals surface area contributed by atoms with E-state index in [0.717, 1.165) is 11.0 Å². The molecule has 0 radical (unpaired) electrons. The van der Waals surface area contributed by atoms with Gasteiger partial charge < -0.3 is 5.73 Å². The van der Waals surface area contributed by atoms with Crippen molar-refractivity contribution in [3.63, 3.8) is 0 Å². The molecule has 26 heavy (non-hydrogen) atoms. The van der Waals surface area contributed by atoms with Crippen LogP contribution in [-0.2, 0) is 5.41 Å². The third kappa shape index (κ3) is 3.14. The summed E-state index contributed by atoms with van der Waals surface area (Å²) in [6.45, 7) is 5.10.